The van der Waals surface area contributed by atoms with Crippen molar-refractivity contribution in [3.05, 3.63) is 92.4 Å². The Morgan fingerprint density at radius 3 is 2.00 bits per heavy atom. The molecule has 0 bridgehead atoms. The second kappa shape index (κ2) is 9.51. The molecule has 4 rings (SSSR count). The molecule has 0 unspecified atom stereocenters. The maximum Gasteiger partial charge on any atom is 0.257 e. The molecule has 0 aromatic heterocycles. The van der Waals surface area contributed by atoms with E-state index in [0.29, 0.717) is 11.3 Å². The Hall–Kier alpha value is -2.09. The van der Waals surface area contributed by atoms with Gasteiger partial charge in [-0.05, 0) is 60.2 Å². The lowest BCUT2D eigenvalue weighted by Crippen LogP contribution is -2.18. The molecule has 0 saturated heterocycles. The van der Waals surface area contributed by atoms with Crippen molar-refractivity contribution < 1.29 is 18.4 Å². The van der Waals surface area contributed by atoms with Crippen molar-refractivity contribution in [3.8, 4) is 0 Å². The summed E-state index contributed by atoms with van der Waals surface area (Å²) < 4.78 is 25.4. The van der Waals surface area contributed by atoms with Crippen LogP contribution in [-0.4, -0.2) is 16.1 Å². The van der Waals surface area contributed by atoms with Gasteiger partial charge in [0.05, 0.1) is 26.5 Å². The quantitative estimate of drug-likeness (QED) is 0.246. The van der Waals surface area contributed by atoms with Crippen LogP contribution in [0.5, 0.6) is 0 Å². The molecule has 3 aromatic rings. The maximum absolute atomic E-state index is 13.8. The van der Waals surface area contributed by atoms with Gasteiger partial charge < -0.3 is 10.6 Å². The zero-order valence-corrected chi connectivity index (χ0v) is 20.6. The average Bonchev–Trinajstić information content (AvgIpc) is 3.36. The van der Waals surface area contributed by atoms with Crippen LogP contribution in [0.15, 0.2) is 54.6 Å². The lowest BCUT2D eigenvalue weighted by Gasteiger charge is -2.10. The Bertz CT molecular complexity index is 1280. The number of amides is 2. The first-order chi connectivity index (χ1) is 16.0. The highest BCUT2D eigenvalue weighted by molar-refractivity contribution is 6.53. The van der Waals surface area contributed by atoms with Gasteiger partial charge in [-0.3, -0.25) is 9.59 Å². The topological polar surface area (TPSA) is 58.2 Å². The van der Waals surface area contributed by atoms with Crippen molar-refractivity contribution in [1.29, 1.82) is 0 Å². The van der Waals surface area contributed by atoms with E-state index in [-0.39, 0.29) is 26.3 Å². The van der Waals surface area contributed by atoms with E-state index in [1.807, 2.05) is 0 Å². The van der Waals surface area contributed by atoms with Gasteiger partial charge in [0.15, 0.2) is 5.82 Å². The van der Waals surface area contributed by atoms with Crippen LogP contribution in [0.2, 0.25) is 15.1 Å². The van der Waals surface area contributed by atoms with Gasteiger partial charge in [0, 0.05) is 17.3 Å². The van der Waals surface area contributed by atoms with Crippen molar-refractivity contribution in [3.63, 3.8) is 0 Å². The minimum atomic E-state index is -1.47. The molecule has 2 N–H and O–H groups in total. The molecule has 0 aliphatic heterocycles. The molecule has 1 saturated carbocycles. The molecule has 176 valence electrons. The van der Waals surface area contributed by atoms with Crippen LogP contribution in [0.3, 0.4) is 0 Å². The molecule has 0 spiro atoms. The number of hydrogen-bond acceptors (Lipinski definition) is 2. The van der Waals surface area contributed by atoms with Crippen LogP contribution in [0, 0.1) is 17.6 Å². The van der Waals surface area contributed by atoms with E-state index in [1.165, 1.54) is 54.6 Å². The van der Waals surface area contributed by atoms with Crippen molar-refractivity contribution in [2.75, 3.05) is 10.6 Å². The normalized spacial score (nSPS) is 18.3. The largest absolute Gasteiger partial charge is 0.326 e. The summed E-state index contributed by atoms with van der Waals surface area (Å²) in [7, 11) is 0. The minimum Gasteiger partial charge on any atom is -0.326 e. The molecule has 2 atom stereocenters. The van der Waals surface area contributed by atoms with Crippen molar-refractivity contribution in [2.24, 2.45) is 5.92 Å². The van der Waals surface area contributed by atoms with E-state index in [2.05, 4.69) is 10.6 Å². The zero-order chi connectivity index (χ0) is 24.8. The molecular weight excluding hydrogens is 552 g/mol. The second-order valence-corrected chi connectivity index (χ2v) is 10.2. The molecule has 2 amide bonds. The molecule has 4 nitrogen and oxygen atoms in total. The van der Waals surface area contributed by atoms with E-state index in [9.17, 15) is 18.4 Å². The third-order valence-electron chi connectivity index (χ3n) is 5.28. The van der Waals surface area contributed by atoms with Gasteiger partial charge in [-0.2, -0.15) is 0 Å². The molecule has 3 aromatic carbocycles. The van der Waals surface area contributed by atoms with Gasteiger partial charge in [0.1, 0.15) is 10.2 Å². The molecule has 11 heteroatoms. The number of anilines is 2. The lowest BCUT2D eigenvalue weighted by atomic mass is 10.1. The van der Waals surface area contributed by atoms with Crippen molar-refractivity contribution >= 4 is 81.2 Å². The van der Waals surface area contributed by atoms with Gasteiger partial charge in [-0.15, -0.1) is 23.2 Å². The summed E-state index contributed by atoms with van der Waals surface area (Å²) in [5, 5.41) is 4.96. The first-order valence-corrected chi connectivity index (χ1v) is 11.6. The standard InChI is InChI=1S/C23H13Cl5F2N2O2/c24-15-6-5-13(9-14(15)21(33)31-12-3-1-11(29)2-4-12)32-22(34)19-18(23(19,27)28)10-7-16(25)20(30)17(26)8-10/h1-9,18-19H,(H,31,33)(H,32,34)/t18-,19+/m0/s1. The monoisotopic (exact) mass is 562 g/mol. The molecule has 1 aliphatic carbocycles. The predicted octanol–water partition coefficient (Wildman–Crippen LogP) is 7.70. The Kier molecular flexibility index (Phi) is 7.00. The second-order valence-electron chi connectivity index (χ2n) is 7.57. The first-order valence-electron chi connectivity index (χ1n) is 9.68. The molecule has 34 heavy (non-hydrogen) atoms. The molecule has 1 fully saturated rings. The van der Waals surface area contributed by atoms with Crippen molar-refractivity contribution in [2.45, 2.75) is 10.3 Å². The van der Waals surface area contributed by atoms with Crippen LogP contribution in [0.1, 0.15) is 21.8 Å². The van der Waals surface area contributed by atoms with Gasteiger partial charge in [0.2, 0.25) is 5.91 Å². The highest BCUT2D eigenvalue weighted by Gasteiger charge is 2.67. The van der Waals surface area contributed by atoms with E-state index in [0.717, 1.165) is 0 Å². The fourth-order valence-electron chi connectivity index (χ4n) is 3.55. The van der Waals surface area contributed by atoms with Crippen LogP contribution in [0.4, 0.5) is 20.2 Å². The number of nitrogens with one attached hydrogen (secondary N) is 2. The highest BCUT2D eigenvalue weighted by atomic mass is 35.5. The maximum atomic E-state index is 13.8. The number of halogens is 7. The number of carbonyl (C=O) groups is 2. The SMILES string of the molecule is O=C(Nc1ccc(F)cc1)c1cc(NC(=O)[C@H]2[C@H](c3cc(Cl)c(F)c(Cl)c3)C2(Cl)Cl)ccc1Cl. The molecule has 1 aliphatic rings. The highest BCUT2D eigenvalue weighted by Crippen LogP contribution is 2.65. The number of alkyl halides is 2. The minimum absolute atomic E-state index is 0.0799. The van der Waals surface area contributed by atoms with Gasteiger partial charge >= 0.3 is 0 Å². The first kappa shape index (κ1) is 25.0. The summed E-state index contributed by atoms with van der Waals surface area (Å²) in [6, 6.07) is 12.2. The Balaban J connectivity index is 1.51. The third kappa shape index (κ3) is 4.97. The summed E-state index contributed by atoms with van der Waals surface area (Å²) in [5.41, 5.74) is 1.13. The summed E-state index contributed by atoms with van der Waals surface area (Å²) in [6.07, 6.45) is 0. The Labute approximate surface area is 218 Å². The summed E-state index contributed by atoms with van der Waals surface area (Å²) >= 11 is 30.5. The average molecular weight is 565 g/mol. The summed E-state index contributed by atoms with van der Waals surface area (Å²) in [6.45, 7) is 0. The summed E-state index contributed by atoms with van der Waals surface area (Å²) in [4.78, 5) is 25.5. The number of rotatable bonds is 5. The van der Waals surface area contributed by atoms with Gasteiger partial charge in [-0.1, -0.05) is 34.8 Å². The Morgan fingerprint density at radius 1 is 0.794 bits per heavy atom. The van der Waals surface area contributed by atoms with Crippen LogP contribution >= 0.6 is 58.0 Å². The lowest BCUT2D eigenvalue weighted by molar-refractivity contribution is -0.117. The van der Waals surface area contributed by atoms with Crippen LogP contribution in [0.25, 0.3) is 0 Å². The van der Waals surface area contributed by atoms with Crippen LogP contribution in [-0.2, 0) is 4.79 Å². The zero-order valence-electron chi connectivity index (χ0n) is 16.8. The molecular formula is C23H13Cl5F2N2O2. The van der Waals surface area contributed by atoms with Gasteiger partial charge in [-0.25, -0.2) is 8.78 Å². The third-order valence-corrected chi connectivity index (χ3v) is 7.10. The predicted molar refractivity (Wildman–Crippen MR) is 132 cm³/mol. The number of benzene rings is 3. The van der Waals surface area contributed by atoms with E-state index >= 15 is 0 Å². The number of carbonyl (C=O) groups excluding carboxylic acids is 2. The fourth-order valence-corrected chi connectivity index (χ4v) is 5.09. The summed E-state index contributed by atoms with van der Waals surface area (Å²) in [5.74, 6) is -3.88. The van der Waals surface area contributed by atoms with E-state index < -0.39 is 39.6 Å². The van der Waals surface area contributed by atoms with Gasteiger partial charge in [0.25, 0.3) is 5.91 Å². The van der Waals surface area contributed by atoms with Crippen molar-refractivity contribution in [1.82, 2.24) is 0 Å². The molecule has 0 heterocycles. The van der Waals surface area contributed by atoms with E-state index in [4.69, 9.17) is 58.0 Å². The Morgan fingerprint density at radius 2 is 1.38 bits per heavy atom. The fraction of sp³-hybridized carbons (Fsp3) is 0.130. The smallest absolute Gasteiger partial charge is 0.257 e. The number of hydrogen-bond donors (Lipinski definition) is 2. The van der Waals surface area contributed by atoms with E-state index in [1.54, 1.807) is 0 Å². The van der Waals surface area contributed by atoms with Crippen LogP contribution < -0.4 is 10.6 Å². The molecule has 0 radical (unpaired) electrons.